The van der Waals surface area contributed by atoms with Crippen LogP contribution in [0.5, 0.6) is 0 Å². The summed E-state index contributed by atoms with van der Waals surface area (Å²) >= 11 is 0. The van der Waals surface area contributed by atoms with E-state index in [1.165, 1.54) is 15.9 Å². The molecular weight excluding hydrogens is 513 g/mol. The fraction of sp³-hybridized carbons (Fsp3) is 0.588. The Bertz CT molecular complexity index is 1090. The molecule has 0 amide bonds. The Kier molecular flexibility index (Phi) is 8.63. The van der Waals surface area contributed by atoms with Crippen LogP contribution in [-0.2, 0) is 13.6 Å². The van der Waals surface area contributed by atoms with Gasteiger partial charge in [0.2, 0.25) is 0 Å². The number of allylic oxidation sites excluding steroid dienone is 1. The molecule has 0 aromatic heterocycles. The first kappa shape index (κ1) is 30.5. The Morgan fingerprint density at radius 3 is 1.87 bits per heavy atom. The number of hydrogen-bond acceptors (Lipinski definition) is 3. The van der Waals surface area contributed by atoms with E-state index in [0.717, 1.165) is 19.3 Å². The van der Waals surface area contributed by atoms with E-state index < -0.39 is 16.6 Å². The molecule has 0 bridgehead atoms. The lowest BCUT2D eigenvalue weighted by atomic mass is 9.78. The third-order valence-electron chi connectivity index (χ3n) is 9.54. The monoisotopic (exact) mass is 564 g/mol. The summed E-state index contributed by atoms with van der Waals surface area (Å²) in [5.74, 6) is 0.333. The number of benzene rings is 2. The van der Waals surface area contributed by atoms with Crippen LogP contribution in [0.2, 0.25) is 23.2 Å². The van der Waals surface area contributed by atoms with Crippen LogP contribution in [0.25, 0.3) is 0 Å². The van der Waals surface area contributed by atoms with E-state index in [9.17, 15) is 0 Å². The van der Waals surface area contributed by atoms with Crippen LogP contribution in [0.3, 0.4) is 0 Å². The molecule has 1 saturated heterocycles. The van der Waals surface area contributed by atoms with Crippen molar-refractivity contribution in [2.45, 2.75) is 116 Å². The van der Waals surface area contributed by atoms with Gasteiger partial charge in [-0.1, -0.05) is 108 Å². The van der Waals surface area contributed by atoms with E-state index in [0.29, 0.717) is 12.5 Å². The molecule has 0 N–H and O–H groups in total. The van der Waals surface area contributed by atoms with Gasteiger partial charge in [-0.3, -0.25) is 0 Å². The van der Waals surface area contributed by atoms with Crippen molar-refractivity contribution in [2.24, 2.45) is 5.92 Å². The number of ether oxygens (including phenoxy) is 1. The molecule has 1 fully saturated rings. The summed E-state index contributed by atoms with van der Waals surface area (Å²) in [5, 5.41) is 2.82. The zero-order chi connectivity index (χ0) is 28.7. The molecule has 1 heterocycles. The molecule has 1 aliphatic heterocycles. The van der Waals surface area contributed by atoms with Crippen molar-refractivity contribution in [1.29, 1.82) is 0 Å². The molecule has 0 unspecified atom stereocenters. The van der Waals surface area contributed by atoms with E-state index in [1.54, 1.807) is 0 Å². The van der Waals surface area contributed by atoms with E-state index in [-0.39, 0.29) is 27.9 Å². The van der Waals surface area contributed by atoms with Crippen molar-refractivity contribution in [2.75, 3.05) is 6.61 Å². The van der Waals surface area contributed by atoms with Gasteiger partial charge in [0.25, 0.3) is 8.32 Å². The summed E-state index contributed by atoms with van der Waals surface area (Å²) in [6, 6.07) is 22.0. The number of fused-ring (bicyclic) bond motifs is 1. The molecule has 0 saturated carbocycles. The van der Waals surface area contributed by atoms with Gasteiger partial charge in [-0.2, -0.15) is 0 Å². The van der Waals surface area contributed by atoms with Crippen LogP contribution in [0.1, 0.15) is 74.7 Å². The maximum atomic E-state index is 7.38. The second kappa shape index (κ2) is 11.1. The second-order valence-electron chi connectivity index (χ2n) is 14.8. The Morgan fingerprint density at radius 1 is 0.846 bits per heavy atom. The minimum Gasteiger partial charge on any atom is -0.411 e. The predicted molar refractivity (Wildman–Crippen MR) is 170 cm³/mol. The molecule has 3 nitrogen and oxygen atoms in total. The molecule has 0 spiro atoms. The molecule has 1 aliphatic carbocycles. The van der Waals surface area contributed by atoms with E-state index >= 15 is 0 Å². The van der Waals surface area contributed by atoms with Gasteiger partial charge >= 0.3 is 0 Å². The summed E-state index contributed by atoms with van der Waals surface area (Å²) in [7, 11) is -4.50. The maximum absolute atomic E-state index is 7.38. The molecule has 2 aromatic rings. The zero-order valence-corrected chi connectivity index (χ0v) is 28.1. The third-order valence-corrected chi connectivity index (χ3v) is 19.0. The standard InChI is InChI=1S/C34H52O3Si2/c1-32(2,3)38(9,10)37-30-24-26-18-17-19-27(31(26)36-34(30,7)8)25-35-39(33(4,5)6,28-20-13-11-14-21-28)29-22-15-12-16-23-29/h11-16,18,20-23,27,30-31H,17,19,24-25H2,1-10H3/t27-,30+,31-/m1/s1. The molecule has 4 rings (SSSR count). The van der Waals surface area contributed by atoms with Crippen molar-refractivity contribution >= 4 is 27.0 Å². The molecule has 2 aromatic carbocycles. The maximum Gasteiger partial charge on any atom is 0.261 e. The average Bonchev–Trinajstić information content (AvgIpc) is 2.84. The van der Waals surface area contributed by atoms with E-state index in [1.807, 2.05) is 0 Å². The number of rotatable bonds is 7. The summed E-state index contributed by atoms with van der Waals surface area (Å²) in [4.78, 5) is 0. The summed E-state index contributed by atoms with van der Waals surface area (Å²) in [5.41, 5.74) is 1.07. The fourth-order valence-electron chi connectivity index (χ4n) is 6.17. The summed E-state index contributed by atoms with van der Waals surface area (Å²) in [6.07, 6.45) is 5.73. The Hall–Kier alpha value is -1.51. The van der Waals surface area contributed by atoms with Crippen LogP contribution in [-0.4, -0.2) is 41.1 Å². The molecule has 3 atom stereocenters. The van der Waals surface area contributed by atoms with Gasteiger partial charge in [-0.15, -0.1) is 0 Å². The van der Waals surface area contributed by atoms with E-state index in [2.05, 4.69) is 135 Å². The lowest BCUT2D eigenvalue weighted by Gasteiger charge is -2.51. The topological polar surface area (TPSA) is 27.7 Å². The minimum absolute atomic E-state index is 0.0299. The van der Waals surface area contributed by atoms with Crippen LogP contribution < -0.4 is 10.4 Å². The highest BCUT2D eigenvalue weighted by Gasteiger charge is 2.52. The zero-order valence-electron chi connectivity index (χ0n) is 26.1. The van der Waals surface area contributed by atoms with Gasteiger partial charge in [-0.05, 0) is 72.2 Å². The van der Waals surface area contributed by atoms with Gasteiger partial charge in [-0.25, -0.2) is 0 Å². The first-order valence-corrected chi connectivity index (χ1v) is 19.7. The molecular formula is C34H52O3Si2. The van der Waals surface area contributed by atoms with Crippen molar-refractivity contribution in [3.63, 3.8) is 0 Å². The van der Waals surface area contributed by atoms with Crippen LogP contribution in [0, 0.1) is 5.92 Å². The normalized spacial score (nSPS) is 24.2. The summed E-state index contributed by atoms with van der Waals surface area (Å²) in [6.45, 7) is 23.9. The Balaban J connectivity index is 1.62. The summed E-state index contributed by atoms with van der Waals surface area (Å²) < 4.78 is 21.3. The Morgan fingerprint density at radius 2 is 1.38 bits per heavy atom. The van der Waals surface area contributed by atoms with Gasteiger partial charge in [0.1, 0.15) is 0 Å². The number of hydrogen-bond donors (Lipinski definition) is 0. The van der Waals surface area contributed by atoms with Gasteiger partial charge in [0.05, 0.1) is 17.8 Å². The van der Waals surface area contributed by atoms with Gasteiger partial charge in [0.15, 0.2) is 8.32 Å². The van der Waals surface area contributed by atoms with Crippen LogP contribution >= 0.6 is 0 Å². The van der Waals surface area contributed by atoms with Crippen molar-refractivity contribution in [1.82, 2.24) is 0 Å². The second-order valence-corrected chi connectivity index (χ2v) is 23.9. The molecule has 5 heteroatoms. The largest absolute Gasteiger partial charge is 0.411 e. The molecule has 0 radical (unpaired) electrons. The van der Waals surface area contributed by atoms with Crippen LogP contribution in [0.4, 0.5) is 0 Å². The Labute approximate surface area is 240 Å². The van der Waals surface area contributed by atoms with E-state index in [4.69, 9.17) is 13.6 Å². The highest BCUT2D eigenvalue weighted by Crippen LogP contribution is 2.46. The van der Waals surface area contributed by atoms with Gasteiger partial charge < -0.3 is 13.6 Å². The van der Waals surface area contributed by atoms with Crippen LogP contribution in [0.15, 0.2) is 72.3 Å². The predicted octanol–water partition coefficient (Wildman–Crippen LogP) is 7.86. The first-order valence-electron chi connectivity index (χ1n) is 14.9. The average molecular weight is 565 g/mol. The highest BCUT2D eigenvalue weighted by molar-refractivity contribution is 6.99. The highest BCUT2D eigenvalue weighted by atomic mass is 28.4. The lowest BCUT2D eigenvalue weighted by molar-refractivity contribution is -0.162. The quantitative estimate of drug-likeness (QED) is 0.253. The van der Waals surface area contributed by atoms with Gasteiger partial charge in [0, 0.05) is 12.5 Å². The molecule has 39 heavy (non-hydrogen) atoms. The third kappa shape index (κ3) is 6.08. The van der Waals surface area contributed by atoms with Crippen molar-refractivity contribution in [3.05, 3.63) is 72.3 Å². The first-order chi connectivity index (χ1) is 18.1. The SMILES string of the molecule is CC1(C)O[C@@H]2C(=CCC[C@@H]2CO[Si](c2ccccc2)(c2ccccc2)C(C)(C)C)C[C@@H]1O[Si](C)(C)C(C)(C)C. The smallest absolute Gasteiger partial charge is 0.261 e. The van der Waals surface area contributed by atoms with Crippen molar-refractivity contribution in [3.8, 4) is 0 Å². The molecule has 214 valence electrons. The lowest BCUT2D eigenvalue weighted by Crippen LogP contribution is -2.67. The van der Waals surface area contributed by atoms with Crippen molar-refractivity contribution < 1.29 is 13.6 Å². The minimum atomic E-state index is -2.59. The molecule has 2 aliphatic rings. The fourth-order valence-corrected chi connectivity index (χ4v) is 12.2.